The average Bonchev–Trinajstić information content (AvgIpc) is 3.48. The Labute approximate surface area is 163 Å². The molecule has 29 heavy (non-hydrogen) atoms. The molecule has 0 unspecified atom stereocenters. The van der Waals surface area contributed by atoms with E-state index in [4.69, 9.17) is 15.7 Å². The van der Waals surface area contributed by atoms with Crippen molar-refractivity contribution in [3.8, 4) is 6.07 Å². The number of carbonyl (C=O) groups is 1. The number of fused-ring (bicyclic) bond motifs is 1. The molecule has 2 heterocycles. The first-order valence-corrected chi connectivity index (χ1v) is 8.83. The summed E-state index contributed by atoms with van der Waals surface area (Å²) in [5.41, 5.74) is 3.89. The second-order valence-electron chi connectivity index (χ2n) is 7.03. The molecule has 1 aromatic carbocycles. The Morgan fingerprint density at radius 1 is 1.38 bits per heavy atom. The number of nitrogens with zero attached hydrogens (tertiary/aromatic N) is 3. The number of aromatic nitrogens is 1. The van der Waals surface area contributed by atoms with Crippen LogP contribution >= 0.6 is 0 Å². The van der Waals surface area contributed by atoms with E-state index in [1.165, 1.54) is 30.5 Å². The van der Waals surface area contributed by atoms with Crippen molar-refractivity contribution in [3.05, 3.63) is 64.7 Å². The number of ether oxygens (including phenoxy) is 1. The molecule has 2 aliphatic rings. The Morgan fingerprint density at radius 2 is 2.17 bits per heavy atom. The zero-order chi connectivity index (χ0) is 20.8. The number of ketones is 1. The van der Waals surface area contributed by atoms with Gasteiger partial charge in [-0.05, 0) is 36.2 Å². The Morgan fingerprint density at radius 3 is 2.83 bits per heavy atom. The van der Waals surface area contributed by atoms with E-state index in [1.54, 1.807) is 0 Å². The Kier molecular flexibility index (Phi) is 4.49. The summed E-state index contributed by atoms with van der Waals surface area (Å²) in [6.45, 7) is 0. The number of hydrogen-bond donors (Lipinski definition) is 1. The number of pyridine rings is 1. The molecule has 0 spiro atoms. The molecular formula is C20H15F3N4O2. The number of hydrogen-bond acceptors (Lipinski definition) is 6. The van der Waals surface area contributed by atoms with Gasteiger partial charge in [0.25, 0.3) is 12.4 Å². The maximum Gasteiger partial charge on any atom is 0.283 e. The molecule has 2 aromatic rings. The first-order valence-electron chi connectivity index (χ1n) is 8.83. The summed E-state index contributed by atoms with van der Waals surface area (Å²) in [6.07, 6.45) is -2.13. The van der Waals surface area contributed by atoms with E-state index in [2.05, 4.69) is 9.98 Å². The van der Waals surface area contributed by atoms with Crippen LogP contribution in [-0.4, -0.2) is 29.3 Å². The number of halogens is 3. The molecule has 0 amide bonds. The molecule has 0 bridgehead atoms. The van der Waals surface area contributed by atoms with Crippen LogP contribution in [0.15, 0.2) is 41.5 Å². The highest BCUT2D eigenvalue weighted by Gasteiger charge is 2.64. The van der Waals surface area contributed by atoms with Crippen molar-refractivity contribution in [1.82, 2.24) is 4.98 Å². The molecule has 1 aliphatic carbocycles. The normalized spacial score (nSPS) is 24.9. The molecule has 1 fully saturated rings. The summed E-state index contributed by atoms with van der Waals surface area (Å²) in [5, 5.41) is 8.80. The van der Waals surface area contributed by atoms with Gasteiger partial charge in [0.1, 0.15) is 23.7 Å². The topological polar surface area (TPSA) is 101 Å². The Balaban J connectivity index is 1.68. The summed E-state index contributed by atoms with van der Waals surface area (Å²) in [6, 6.07) is 8.01. The fraction of sp³-hybridized carbons (Fsp3) is 0.300. The van der Waals surface area contributed by atoms with E-state index in [1.807, 2.05) is 6.07 Å². The van der Waals surface area contributed by atoms with Crippen LogP contribution in [0.5, 0.6) is 0 Å². The smallest absolute Gasteiger partial charge is 0.283 e. The first-order chi connectivity index (χ1) is 13.8. The third-order valence-electron chi connectivity index (χ3n) is 5.20. The van der Waals surface area contributed by atoms with E-state index in [-0.39, 0.29) is 17.7 Å². The molecule has 0 saturated heterocycles. The van der Waals surface area contributed by atoms with Gasteiger partial charge in [-0.25, -0.2) is 18.2 Å². The summed E-state index contributed by atoms with van der Waals surface area (Å²) in [4.78, 5) is 20.2. The van der Waals surface area contributed by atoms with Crippen molar-refractivity contribution in [2.45, 2.75) is 30.9 Å². The Hall–Kier alpha value is -3.41. The monoisotopic (exact) mass is 400 g/mol. The van der Waals surface area contributed by atoms with Crippen molar-refractivity contribution in [1.29, 1.82) is 5.26 Å². The van der Waals surface area contributed by atoms with Gasteiger partial charge >= 0.3 is 0 Å². The number of amidine groups is 1. The van der Waals surface area contributed by atoms with E-state index in [0.717, 1.165) is 6.07 Å². The van der Waals surface area contributed by atoms with Gasteiger partial charge < -0.3 is 10.5 Å². The SMILES string of the molecule is N#Cc1ccc(C(=O)Cc2ccc(F)c([C@@]3(C(F)F)N=C(N)O[C@@H]4C[C@@H]43)c2)nc1. The minimum Gasteiger partial charge on any atom is -0.462 e. The lowest BCUT2D eigenvalue weighted by Crippen LogP contribution is -2.43. The maximum atomic E-state index is 14.6. The van der Waals surface area contributed by atoms with Crippen molar-refractivity contribution in [2.75, 3.05) is 0 Å². The molecule has 1 aliphatic heterocycles. The van der Waals surface area contributed by atoms with Crippen molar-refractivity contribution in [2.24, 2.45) is 16.6 Å². The lowest BCUT2D eigenvalue weighted by Gasteiger charge is -2.33. The van der Waals surface area contributed by atoms with Gasteiger partial charge in [0.15, 0.2) is 11.3 Å². The third-order valence-corrected chi connectivity index (χ3v) is 5.20. The van der Waals surface area contributed by atoms with Gasteiger partial charge in [-0.15, -0.1) is 0 Å². The molecule has 1 saturated carbocycles. The number of aliphatic imine (C=N–C) groups is 1. The number of nitrogens with two attached hydrogens (primary N) is 1. The number of carbonyl (C=O) groups excluding carboxylic acids is 1. The van der Waals surface area contributed by atoms with E-state index in [9.17, 15) is 18.0 Å². The molecule has 9 heteroatoms. The molecule has 2 N–H and O–H groups in total. The number of rotatable bonds is 5. The summed E-state index contributed by atoms with van der Waals surface area (Å²) in [5.74, 6) is -1.92. The predicted molar refractivity (Wildman–Crippen MR) is 95.7 cm³/mol. The van der Waals surface area contributed by atoms with Gasteiger partial charge in [-0.1, -0.05) is 6.07 Å². The zero-order valence-corrected chi connectivity index (χ0v) is 15.0. The first kappa shape index (κ1) is 18.9. The molecular weight excluding hydrogens is 385 g/mol. The number of alkyl halides is 2. The quantitative estimate of drug-likeness (QED) is 0.778. The van der Waals surface area contributed by atoms with Crippen molar-refractivity contribution < 1.29 is 22.7 Å². The third kappa shape index (κ3) is 3.20. The van der Waals surface area contributed by atoms with E-state index >= 15 is 0 Å². The highest BCUT2D eigenvalue weighted by Crippen LogP contribution is 2.56. The Bertz CT molecular complexity index is 1050. The minimum absolute atomic E-state index is 0.119. The molecule has 4 rings (SSSR count). The second-order valence-corrected chi connectivity index (χ2v) is 7.03. The van der Waals surface area contributed by atoms with Gasteiger partial charge in [0, 0.05) is 24.1 Å². The number of Topliss-reactive ketones (excluding diaryl/α,β-unsaturated/α-hetero) is 1. The van der Waals surface area contributed by atoms with Crippen LogP contribution in [0.1, 0.15) is 33.6 Å². The van der Waals surface area contributed by atoms with Crippen LogP contribution in [0.25, 0.3) is 0 Å². The summed E-state index contributed by atoms with van der Waals surface area (Å²) in [7, 11) is 0. The van der Waals surface area contributed by atoms with Crippen LogP contribution in [-0.2, 0) is 16.7 Å². The van der Waals surface area contributed by atoms with Gasteiger partial charge in [-0.2, -0.15) is 5.26 Å². The van der Waals surface area contributed by atoms with Gasteiger partial charge in [0.2, 0.25) is 0 Å². The summed E-state index contributed by atoms with van der Waals surface area (Å²) >= 11 is 0. The largest absolute Gasteiger partial charge is 0.462 e. The van der Waals surface area contributed by atoms with E-state index in [0.29, 0.717) is 17.5 Å². The lowest BCUT2D eigenvalue weighted by atomic mass is 9.83. The second kappa shape index (κ2) is 6.88. The van der Waals surface area contributed by atoms with Gasteiger partial charge in [0.05, 0.1) is 5.56 Å². The fourth-order valence-corrected chi connectivity index (χ4v) is 3.69. The van der Waals surface area contributed by atoms with E-state index < -0.39 is 41.6 Å². The van der Waals surface area contributed by atoms with Crippen LogP contribution in [0.4, 0.5) is 13.2 Å². The van der Waals surface area contributed by atoms with Gasteiger partial charge in [-0.3, -0.25) is 9.78 Å². The molecule has 1 aromatic heterocycles. The van der Waals surface area contributed by atoms with Crippen LogP contribution in [0.3, 0.4) is 0 Å². The number of nitriles is 1. The average molecular weight is 400 g/mol. The maximum absolute atomic E-state index is 14.6. The molecule has 148 valence electrons. The standard InChI is InChI=1S/C20H15F3N4O2/c21-14-3-1-10(6-16(28)15-4-2-11(8-24)9-26-15)5-12(14)20(18(22)23)13-7-17(13)29-19(25)27-20/h1-5,9,13,17-18H,6-7H2,(H2,25,27)/t13-,17+,20+/m0/s1. The summed E-state index contributed by atoms with van der Waals surface area (Å²) < 4.78 is 48.1. The molecule has 0 radical (unpaired) electrons. The molecule has 3 atom stereocenters. The predicted octanol–water partition coefficient (Wildman–Crippen LogP) is 2.71. The highest BCUT2D eigenvalue weighted by atomic mass is 19.3. The number of benzene rings is 1. The lowest BCUT2D eigenvalue weighted by molar-refractivity contribution is 0.0176. The van der Waals surface area contributed by atoms with Crippen LogP contribution in [0.2, 0.25) is 0 Å². The van der Waals surface area contributed by atoms with Crippen molar-refractivity contribution in [3.63, 3.8) is 0 Å². The highest BCUT2D eigenvalue weighted by molar-refractivity contribution is 5.95. The molecule has 6 nitrogen and oxygen atoms in total. The van der Waals surface area contributed by atoms with Crippen LogP contribution in [0, 0.1) is 23.1 Å². The van der Waals surface area contributed by atoms with Crippen LogP contribution < -0.4 is 5.73 Å². The fourth-order valence-electron chi connectivity index (χ4n) is 3.69. The zero-order valence-electron chi connectivity index (χ0n) is 15.0. The minimum atomic E-state index is -3.00. The van der Waals surface area contributed by atoms with Crippen molar-refractivity contribution >= 4 is 11.8 Å².